The molecule has 0 saturated carbocycles. The average Bonchev–Trinajstić information content (AvgIpc) is 2.80. The van der Waals surface area contributed by atoms with Crippen molar-refractivity contribution in [1.29, 1.82) is 0 Å². The Morgan fingerprint density at radius 1 is 1.09 bits per heavy atom. The molecule has 0 amide bonds. The molecule has 3 rings (SSSR count). The summed E-state index contributed by atoms with van der Waals surface area (Å²) in [6, 6.07) is 11.4. The van der Waals surface area contributed by atoms with Crippen LogP contribution in [-0.2, 0) is 0 Å². The van der Waals surface area contributed by atoms with E-state index in [9.17, 15) is 13.2 Å². The molecule has 0 N–H and O–H groups in total. The third-order valence-corrected chi connectivity index (χ3v) is 3.52. The number of alkyl halides is 3. The molecule has 0 unspecified atom stereocenters. The highest BCUT2D eigenvalue weighted by Gasteiger charge is 2.31. The Kier molecular flexibility index (Phi) is 3.67. The van der Waals surface area contributed by atoms with Gasteiger partial charge in [0.25, 0.3) is 0 Å². The fourth-order valence-electron chi connectivity index (χ4n) is 2.51. The first-order valence-corrected chi connectivity index (χ1v) is 7.02. The van der Waals surface area contributed by atoms with E-state index < -0.39 is 6.36 Å². The zero-order valence-electron chi connectivity index (χ0n) is 12.4. The monoisotopic (exact) mass is 321 g/mol. The zero-order valence-corrected chi connectivity index (χ0v) is 12.4. The van der Waals surface area contributed by atoms with Crippen molar-refractivity contribution in [3.8, 4) is 22.6 Å². The maximum absolute atomic E-state index is 12.2. The Balaban J connectivity index is 1.89. The van der Waals surface area contributed by atoms with Gasteiger partial charge in [0.15, 0.2) is 11.6 Å². The molecule has 0 aliphatic carbocycles. The SMILES string of the molecule is C=C1Oc2ccc(-c3ccc(OC(F)(F)F)cc3)cc2N1CC. The molecule has 0 saturated heterocycles. The van der Waals surface area contributed by atoms with E-state index in [0.717, 1.165) is 22.6 Å². The van der Waals surface area contributed by atoms with Crippen LogP contribution in [0.4, 0.5) is 18.9 Å². The van der Waals surface area contributed by atoms with Crippen LogP contribution in [0, 0.1) is 0 Å². The number of hydrogen-bond donors (Lipinski definition) is 0. The fourth-order valence-corrected chi connectivity index (χ4v) is 2.51. The number of ether oxygens (including phenoxy) is 2. The number of halogens is 3. The van der Waals surface area contributed by atoms with Gasteiger partial charge >= 0.3 is 6.36 Å². The van der Waals surface area contributed by atoms with E-state index in [0.29, 0.717) is 12.4 Å². The van der Waals surface area contributed by atoms with Crippen molar-refractivity contribution in [1.82, 2.24) is 0 Å². The second kappa shape index (κ2) is 5.53. The summed E-state index contributed by atoms with van der Waals surface area (Å²) < 4.78 is 46.0. The Bertz CT molecular complexity index is 738. The van der Waals surface area contributed by atoms with Crippen LogP contribution in [0.5, 0.6) is 11.5 Å². The van der Waals surface area contributed by atoms with Crippen molar-refractivity contribution >= 4 is 5.69 Å². The first-order valence-electron chi connectivity index (χ1n) is 7.02. The lowest BCUT2D eigenvalue weighted by molar-refractivity contribution is -0.274. The van der Waals surface area contributed by atoms with E-state index in [2.05, 4.69) is 11.3 Å². The Morgan fingerprint density at radius 3 is 2.35 bits per heavy atom. The summed E-state index contributed by atoms with van der Waals surface area (Å²) in [7, 11) is 0. The average molecular weight is 321 g/mol. The van der Waals surface area contributed by atoms with Gasteiger partial charge in [-0.2, -0.15) is 0 Å². The van der Waals surface area contributed by atoms with E-state index >= 15 is 0 Å². The predicted molar refractivity (Wildman–Crippen MR) is 81.3 cm³/mol. The molecular weight excluding hydrogens is 307 g/mol. The molecule has 3 nitrogen and oxygen atoms in total. The Labute approximate surface area is 131 Å². The van der Waals surface area contributed by atoms with Crippen molar-refractivity contribution < 1.29 is 22.6 Å². The minimum atomic E-state index is -4.69. The first kappa shape index (κ1) is 15.3. The molecule has 0 radical (unpaired) electrons. The number of rotatable bonds is 3. The molecule has 1 aliphatic rings. The van der Waals surface area contributed by atoms with Gasteiger partial charge in [0.1, 0.15) is 5.75 Å². The van der Waals surface area contributed by atoms with Crippen LogP contribution in [0.1, 0.15) is 6.92 Å². The summed E-state index contributed by atoms with van der Waals surface area (Å²) in [5, 5.41) is 0. The smallest absolute Gasteiger partial charge is 0.439 e. The van der Waals surface area contributed by atoms with Crippen molar-refractivity contribution in [2.75, 3.05) is 11.4 Å². The minimum absolute atomic E-state index is 0.241. The van der Waals surface area contributed by atoms with E-state index in [4.69, 9.17) is 4.74 Å². The summed E-state index contributed by atoms with van der Waals surface area (Å²) in [4.78, 5) is 1.93. The van der Waals surface area contributed by atoms with Gasteiger partial charge in [-0.15, -0.1) is 13.2 Å². The maximum Gasteiger partial charge on any atom is 0.573 e. The lowest BCUT2D eigenvalue weighted by Crippen LogP contribution is -2.18. The molecule has 1 heterocycles. The molecule has 0 fully saturated rings. The van der Waals surface area contributed by atoms with E-state index in [1.807, 2.05) is 30.0 Å². The van der Waals surface area contributed by atoms with Gasteiger partial charge in [-0.3, -0.25) is 0 Å². The Hall–Kier alpha value is -2.63. The van der Waals surface area contributed by atoms with Gasteiger partial charge < -0.3 is 14.4 Å². The van der Waals surface area contributed by atoms with Crippen LogP contribution < -0.4 is 14.4 Å². The number of nitrogens with zero attached hydrogens (tertiary/aromatic N) is 1. The predicted octanol–water partition coefficient (Wildman–Crippen LogP) is 4.94. The van der Waals surface area contributed by atoms with Crippen molar-refractivity contribution in [2.45, 2.75) is 13.3 Å². The third kappa shape index (κ3) is 3.11. The second-order valence-electron chi connectivity index (χ2n) is 4.99. The van der Waals surface area contributed by atoms with Crippen LogP contribution in [-0.4, -0.2) is 12.9 Å². The summed E-state index contributed by atoms with van der Waals surface area (Å²) in [5.41, 5.74) is 2.56. The maximum atomic E-state index is 12.2. The summed E-state index contributed by atoms with van der Waals surface area (Å²) in [6.45, 7) is 6.55. The summed E-state index contributed by atoms with van der Waals surface area (Å²) >= 11 is 0. The normalized spacial score (nSPS) is 13.7. The number of anilines is 1. The molecular formula is C17H14F3NO2. The van der Waals surface area contributed by atoms with Gasteiger partial charge in [0.2, 0.25) is 0 Å². The van der Waals surface area contributed by atoms with E-state index in [-0.39, 0.29) is 5.75 Å². The molecule has 0 spiro atoms. The standard InChI is InChI=1S/C17H14F3NO2/c1-3-21-11(2)22-16-9-6-13(10-15(16)21)12-4-7-14(8-5-12)23-17(18,19)20/h4-10H,2-3H2,1H3. The fraction of sp³-hybridized carbons (Fsp3) is 0.176. The number of hydrogen-bond acceptors (Lipinski definition) is 3. The second-order valence-corrected chi connectivity index (χ2v) is 4.99. The van der Waals surface area contributed by atoms with Gasteiger partial charge in [-0.1, -0.05) is 18.2 Å². The van der Waals surface area contributed by atoms with Crippen molar-refractivity contribution in [3.05, 3.63) is 54.9 Å². The van der Waals surface area contributed by atoms with Crippen molar-refractivity contribution in [3.63, 3.8) is 0 Å². The van der Waals surface area contributed by atoms with Crippen LogP contribution >= 0.6 is 0 Å². The minimum Gasteiger partial charge on any atom is -0.439 e. The van der Waals surface area contributed by atoms with Gasteiger partial charge in [0, 0.05) is 6.54 Å². The molecule has 2 aromatic rings. The van der Waals surface area contributed by atoms with Crippen LogP contribution in [0.2, 0.25) is 0 Å². The highest BCUT2D eigenvalue weighted by Crippen LogP contribution is 2.41. The quantitative estimate of drug-likeness (QED) is 0.799. The van der Waals surface area contributed by atoms with Gasteiger partial charge in [0.05, 0.1) is 5.69 Å². The van der Waals surface area contributed by atoms with Crippen LogP contribution in [0.3, 0.4) is 0 Å². The number of benzene rings is 2. The van der Waals surface area contributed by atoms with Crippen LogP contribution in [0.15, 0.2) is 54.9 Å². The lowest BCUT2D eigenvalue weighted by Gasteiger charge is -2.15. The molecule has 23 heavy (non-hydrogen) atoms. The highest BCUT2D eigenvalue weighted by molar-refractivity contribution is 5.76. The molecule has 0 bridgehead atoms. The Morgan fingerprint density at radius 2 is 1.74 bits per heavy atom. The summed E-state index contributed by atoms with van der Waals surface area (Å²) in [5.74, 6) is 1.04. The molecule has 0 atom stereocenters. The molecule has 1 aliphatic heterocycles. The van der Waals surface area contributed by atoms with Crippen LogP contribution in [0.25, 0.3) is 11.1 Å². The third-order valence-electron chi connectivity index (χ3n) is 3.52. The largest absolute Gasteiger partial charge is 0.573 e. The van der Waals surface area contributed by atoms with Crippen molar-refractivity contribution in [2.24, 2.45) is 0 Å². The molecule has 6 heteroatoms. The molecule has 0 aromatic heterocycles. The van der Waals surface area contributed by atoms with Gasteiger partial charge in [-0.05, 0) is 48.9 Å². The van der Waals surface area contributed by atoms with E-state index in [1.54, 1.807) is 12.1 Å². The lowest BCUT2D eigenvalue weighted by atomic mass is 10.0. The topological polar surface area (TPSA) is 21.7 Å². The highest BCUT2D eigenvalue weighted by atomic mass is 19.4. The van der Waals surface area contributed by atoms with Gasteiger partial charge in [-0.25, -0.2) is 0 Å². The number of fused-ring (bicyclic) bond motifs is 1. The molecule has 120 valence electrons. The van der Waals surface area contributed by atoms with E-state index in [1.165, 1.54) is 12.1 Å². The first-order chi connectivity index (χ1) is 10.9. The molecule has 2 aromatic carbocycles. The zero-order chi connectivity index (χ0) is 16.6. The summed E-state index contributed by atoms with van der Waals surface area (Å²) in [6.07, 6.45) is -4.69.